The molecular weight excluding hydrogens is 396 g/mol. The number of aromatic nitrogens is 1. The average molecular weight is 412 g/mol. The second-order valence-electron chi connectivity index (χ2n) is 5.62. The van der Waals surface area contributed by atoms with Crippen LogP contribution < -0.4 is 10.2 Å². The van der Waals surface area contributed by atoms with Crippen molar-refractivity contribution in [2.75, 3.05) is 19.1 Å². The molecule has 10 heteroatoms. The Morgan fingerprint density at radius 3 is 2.83 bits per heavy atom. The van der Waals surface area contributed by atoms with Crippen LogP contribution >= 0.6 is 11.3 Å². The molecule has 0 fully saturated rings. The van der Waals surface area contributed by atoms with Gasteiger partial charge in [0.05, 0.1) is 23.9 Å². The second-order valence-corrected chi connectivity index (χ2v) is 6.48. The van der Waals surface area contributed by atoms with Gasteiger partial charge in [-0.3, -0.25) is 15.5 Å². The van der Waals surface area contributed by atoms with Crippen molar-refractivity contribution in [1.29, 1.82) is 0 Å². The quantitative estimate of drug-likeness (QED) is 0.259. The van der Waals surface area contributed by atoms with E-state index in [1.807, 2.05) is 35.7 Å². The summed E-state index contributed by atoms with van der Waals surface area (Å²) in [5.41, 5.74) is 4.84. The maximum atomic E-state index is 11.3. The van der Waals surface area contributed by atoms with Crippen LogP contribution in [0.4, 0.5) is 10.8 Å². The third-order valence-corrected chi connectivity index (χ3v) is 4.45. The lowest BCUT2D eigenvalue weighted by atomic mass is 10.2. The number of carbonyl (C=O) groups excluding carboxylic acids is 1. The molecule has 3 aromatic rings. The van der Waals surface area contributed by atoms with Gasteiger partial charge in [-0.15, -0.1) is 11.3 Å². The Bertz CT molecular complexity index is 1040. The first-order chi connectivity index (χ1) is 14.1. The van der Waals surface area contributed by atoms with Gasteiger partial charge in [0.1, 0.15) is 0 Å². The van der Waals surface area contributed by atoms with Gasteiger partial charge < -0.3 is 9.47 Å². The SMILES string of the molecule is COC(=O)COc1ccc(C=NNc2nc(-c3ccccc3)cs2)cc1[N+](=O)[O-]. The van der Waals surface area contributed by atoms with Gasteiger partial charge >= 0.3 is 11.7 Å². The van der Waals surface area contributed by atoms with Crippen molar-refractivity contribution in [2.45, 2.75) is 0 Å². The van der Waals surface area contributed by atoms with Gasteiger partial charge in [0.2, 0.25) is 5.13 Å². The van der Waals surface area contributed by atoms with Crippen molar-refractivity contribution in [3.8, 4) is 17.0 Å². The Kier molecular flexibility index (Phi) is 6.48. The normalized spacial score (nSPS) is 10.7. The molecule has 2 aromatic carbocycles. The summed E-state index contributed by atoms with van der Waals surface area (Å²) < 4.78 is 9.59. The number of esters is 1. The predicted molar refractivity (Wildman–Crippen MR) is 109 cm³/mol. The van der Waals surface area contributed by atoms with Crippen LogP contribution in [-0.4, -0.2) is 35.8 Å². The van der Waals surface area contributed by atoms with Crippen LogP contribution in [0.25, 0.3) is 11.3 Å². The molecule has 0 unspecified atom stereocenters. The van der Waals surface area contributed by atoms with E-state index in [0.717, 1.165) is 11.3 Å². The van der Waals surface area contributed by atoms with Crippen molar-refractivity contribution in [1.82, 2.24) is 4.98 Å². The standard InChI is InChI=1S/C19H16N4O5S/c1-27-18(24)11-28-17-8-7-13(9-16(17)23(25)26)10-20-22-19-21-15(12-29-19)14-5-3-2-4-6-14/h2-10,12H,11H2,1H3,(H,21,22). The minimum atomic E-state index is -0.632. The second kappa shape index (κ2) is 9.42. The lowest BCUT2D eigenvalue weighted by Gasteiger charge is -2.06. The molecule has 29 heavy (non-hydrogen) atoms. The maximum Gasteiger partial charge on any atom is 0.343 e. The molecule has 0 saturated carbocycles. The zero-order valence-corrected chi connectivity index (χ0v) is 16.1. The number of ether oxygens (including phenoxy) is 2. The van der Waals surface area contributed by atoms with E-state index < -0.39 is 17.5 Å². The first-order valence-corrected chi connectivity index (χ1v) is 9.23. The molecule has 0 aliphatic heterocycles. The van der Waals surface area contributed by atoms with Gasteiger partial charge in [-0.1, -0.05) is 30.3 Å². The number of nitro groups is 1. The van der Waals surface area contributed by atoms with E-state index >= 15 is 0 Å². The zero-order chi connectivity index (χ0) is 20.6. The molecule has 0 spiro atoms. The van der Waals surface area contributed by atoms with Crippen molar-refractivity contribution in [3.05, 3.63) is 69.6 Å². The number of thiazole rings is 1. The van der Waals surface area contributed by atoms with E-state index in [1.165, 1.54) is 36.8 Å². The largest absolute Gasteiger partial charge is 0.475 e. The summed E-state index contributed by atoms with van der Waals surface area (Å²) in [5.74, 6) is -0.662. The zero-order valence-electron chi connectivity index (χ0n) is 15.3. The lowest BCUT2D eigenvalue weighted by Crippen LogP contribution is -2.13. The Labute approximate surface area is 169 Å². The number of nitro benzene ring substituents is 1. The number of nitrogens with zero attached hydrogens (tertiary/aromatic N) is 3. The van der Waals surface area contributed by atoms with Crippen LogP contribution in [0.5, 0.6) is 5.75 Å². The van der Waals surface area contributed by atoms with E-state index in [-0.39, 0.29) is 11.4 Å². The molecule has 3 rings (SSSR count). The lowest BCUT2D eigenvalue weighted by molar-refractivity contribution is -0.385. The van der Waals surface area contributed by atoms with Crippen LogP contribution in [0.2, 0.25) is 0 Å². The fourth-order valence-corrected chi connectivity index (χ4v) is 2.97. The minimum Gasteiger partial charge on any atom is -0.475 e. The predicted octanol–water partition coefficient (Wildman–Crippen LogP) is 3.72. The van der Waals surface area contributed by atoms with E-state index in [1.54, 1.807) is 6.07 Å². The van der Waals surface area contributed by atoms with Crippen LogP contribution in [0.3, 0.4) is 0 Å². The number of methoxy groups -OCH3 is 1. The number of carbonyl (C=O) groups is 1. The maximum absolute atomic E-state index is 11.3. The summed E-state index contributed by atoms with van der Waals surface area (Å²) >= 11 is 1.39. The summed E-state index contributed by atoms with van der Waals surface area (Å²) in [7, 11) is 1.21. The van der Waals surface area contributed by atoms with Gasteiger partial charge in [-0.25, -0.2) is 9.78 Å². The van der Waals surface area contributed by atoms with Crippen molar-refractivity contribution >= 4 is 34.3 Å². The molecule has 0 amide bonds. The summed E-state index contributed by atoms with van der Waals surface area (Å²) in [5, 5.41) is 17.8. The fraction of sp³-hybridized carbons (Fsp3) is 0.105. The molecule has 0 bridgehead atoms. The summed E-state index contributed by atoms with van der Waals surface area (Å²) in [6, 6.07) is 14.0. The molecule has 148 valence electrons. The highest BCUT2D eigenvalue weighted by Crippen LogP contribution is 2.28. The van der Waals surface area contributed by atoms with E-state index in [0.29, 0.717) is 10.7 Å². The van der Waals surface area contributed by atoms with Gasteiger partial charge in [-0.2, -0.15) is 5.10 Å². The Morgan fingerprint density at radius 2 is 2.10 bits per heavy atom. The molecule has 0 radical (unpaired) electrons. The van der Waals surface area contributed by atoms with Crippen LogP contribution in [0, 0.1) is 10.1 Å². The van der Waals surface area contributed by atoms with Crippen LogP contribution in [-0.2, 0) is 9.53 Å². The number of hydrogen-bond acceptors (Lipinski definition) is 9. The molecule has 9 nitrogen and oxygen atoms in total. The number of anilines is 1. The topological polar surface area (TPSA) is 116 Å². The highest BCUT2D eigenvalue weighted by molar-refractivity contribution is 7.14. The first-order valence-electron chi connectivity index (χ1n) is 8.35. The van der Waals surface area contributed by atoms with E-state index in [4.69, 9.17) is 4.74 Å². The monoisotopic (exact) mass is 412 g/mol. The highest BCUT2D eigenvalue weighted by Gasteiger charge is 2.17. The smallest absolute Gasteiger partial charge is 0.343 e. The molecule has 1 aromatic heterocycles. The van der Waals surface area contributed by atoms with E-state index in [2.05, 4.69) is 20.2 Å². The Hall–Kier alpha value is -3.79. The molecule has 1 N–H and O–H groups in total. The van der Waals surface area contributed by atoms with Crippen molar-refractivity contribution in [3.63, 3.8) is 0 Å². The van der Waals surface area contributed by atoms with Gasteiger partial charge in [-0.05, 0) is 12.1 Å². The molecular formula is C19H16N4O5S. The summed E-state index contributed by atoms with van der Waals surface area (Å²) in [4.78, 5) is 26.3. The number of hydrogen-bond donors (Lipinski definition) is 1. The van der Waals surface area contributed by atoms with Crippen molar-refractivity contribution < 1.29 is 19.2 Å². The Morgan fingerprint density at radius 1 is 1.31 bits per heavy atom. The van der Waals surface area contributed by atoms with Crippen LogP contribution in [0.1, 0.15) is 5.56 Å². The third-order valence-electron chi connectivity index (χ3n) is 3.70. The Balaban J connectivity index is 1.67. The number of benzene rings is 2. The number of nitrogens with one attached hydrogen (secondary N) is 1. The van der Waals surface area contributed by atoms with E-state index in [9.17, 15) is 14.9 Å². The minimum absolute atomic E-state index is 0.0297. The summed E-state index contributed by atoms with van der Waals surface area (Å²) in [6.07, 6.45) is 1.43. The van der Waals surface area contributed by atoms with Gasteiger partial charge in [0.25, 0.3) is 0 Å². The number of hydrazone groups is 1. The third kappa shape index (κ3) is 5.36. The molecule has 1 heterocycles. The highest BCUT2D eigenvalue weighted by atomic mass is 32.1. The molecule has 0 aliphatic carbocycles. The first kappa shape index (κ1) is 20.0. The van der Waals surface area contributed by atoms with Gasteiger partial charge in [0, 0.05) is 22.6 Å². The average Bonchev–Trinajstić information content (AvgIpc) is 3.22. The van der Waals surface area contributed by atoms with Crippen LogP contribution in [0.15, 0.2) is 59.0 Å². The molecule has 0 atom stereocenters. The van der Waals surface area contributed by atoms with Gasteiger partial charge in [0.15, 0.2) is 12.4 Å². The van der Waals surface area contributed by atoms with Crippen molar-refractivity contribution in [2.24, 2.45) is 5.10 Å². The summed E-state index contributed by atoms with van der Waals surface area (Å²) in [6.45, 7) is -0.417. The fourth-order valence-electron chi connectivity index (χ4n) is 2.30. The molecule has 0 aliphatic rings. The number of rotatable bonds is 8. The molecule has 0 saturated heterocycles.